The lowest BCUT2D eigenvalue weighted by Crippen LogP contribution is -2.30. The third-order valence-corrected chi connectivity index (χ3v) is 3.12. The van der Waals surface area contributed by atoms with Gasteiger partial charge in [0.15, 0.2) is 23.4 Å². The van der Waals surface area contributed by atoms with Crippen LogP contribution in [-0.4, -0.2) is 18.7 Å². The van der Waals surface area contributed by atoms with Crippen LogP contribution in [0, 0.1) is 0 Å². The summed E-state index contributed by atoms with van der Waals surface area (Å²) in [6.07, 6.45) is 3.20. The molecule has 0 saturated heterocycles. The molecule has 0 amide bonds. The summed E-state index contributed by atoms with van der Waals surface area (Å²) >= 11 is 0. The molecule has 1 aliphatic heterocycles. The molecule has 3 rings (SSSR count). The van der Waals surface area contributed by atoms with Gasteiger partial charge < -0.3 is 14.2 Å². The van der Waals surface area contributed by atoms with Gasteiger partial charge in [-0.3, -0.25) is 4.79 Å². The minimum absolute atomic E-state index is 0.203. The van der Waals surface area contributed by atoms with Gasteiger partial charge in [-0.15, -0.1) is 0 Å². The van der Waals surface area contributed by atoms with Crippen LogP contribution in [0.3, 0.4) is 0 Å². The van der Waals surface area contributed by atoms with Gasteiger partial charge in [-0.25, -0.2) is 0 Å². The topological polar surface area (TPSA) is 44.8 Å². The van der Waals surface area contributed by atoms with Crippen molar-refractivity contribution in [2.45, 2.75) is 31.8 Å². The number of ether oxygens (including phenoxy) is 3. The van der Waals surface area contributed by atoms with Crippen molar-refractivity contribution in [2.75, 3.05) is 6.79 Å². The van der Waals surface area contributed by atoms with Crippen molar-refractivity contribution >= 4 is 5.78 Å². The lowest BCUT2D eigenvalue weighted by atomic mass is 9.96. The molecule has 1 aliphatic carbocycles. The van der Waals surface area contributed by atoms with E-state index < -0.39 is 0 Å². The number of carbonyl (C=O) groups is 1. The Balaban J connectivity index is 1.74. The number of hydrogen-bond donors (Lipinski definition) is 0. The quantitative estimate of drug-likeness (QED) is 0.787. The first-order chi connectivity index (χ1) is 8.33. The summed E-state index contributed by atoms with van der Waals surface area (Å²) in [4.78, 5) is 11.7. The molecule has 0 aromatic heterocycles. The zero-order chi connectivity index (χ0) is 11.7. The molecule has 1 heterocycles. The number of carbonyl (C=O) groups excluding carboxylic acids is 1. The van der Waals surface area contributed by atoms with Crippen molar-refractivity contribution in [3.8, 4) is 17.2 Å². The number of rotatable bonds is 2. The maximum Gasteiger partial charge on any atom is 0.231 e. The van der Waals surface area contributed by atoms with Crippen LogP contribution in [0.5, 0.6) is 17.2 Å². The van der Waals surface area contributed by atoms with Crippen LogP contribution in [0.25, 0.3) is 0 Å². The zero-order valence-electron chi connectivity index (χ0n) is 9.48. The van der Waals surface area contributed by atoms with Crippen molar-refractivity contribution < 1.29 is 19.0 Å². The van der Waals surface area contributed by atoms with Gasteiger partial charge in [0.05, 0.1) is 0 Å². The first-order valence-corrected chi connectivity index (χ1v) is 5.92. The molecule has 1 aromatic carbocycles. The van der Waals surface area contributed by atoms with E-state index in [0.717, 1.165) is 25.0 Å². The Morgan fingerprint density at radius 1 is 1.18 bits per heavy atom. The second kappa shape index (κ2) is 4.28. The van der Waals surface area contributed by atoms with E-state index in [9.17, 15) is 4.79 Å². The van der Waals surface area contributed by atoms with Crippen LogP contribution >= 0.6 is 0 Å². The van der Waals surface area contributed by atoms with Crippen molar-refractivity contribution in [2.24, 2.45) is 0 Å². The van der Waals surface area contributed by atoms with Crippen LogP contribution in [0.2, 0.25) is 0 Å². The summed E-state index contributed by atoms with van der Waals surface area (Å²) in [6, 6.07) is 5.41. The van der Waals surface area contributed by atoms with E-state index >= 15 is 0 Å². The van der Waals surface area contributed by atoms with Crippen molar-refractivity contribution in [3.63, 3.8) is 0 Å². The van der Waals surface area contributed by atoms with Crippen LogP contribution < -0.4 is 14.2 Å². The van der Waals surface area contributed by atoms with Gasteiger partial charge in [-0.2, -0.15) is 0 Å². The molecule has 1 saturated carbocycles. The van der Waals surface area contributed by atoms with Gasteiger partial charge in [0.25, 0.3) is 0 Å². The van der Waals surface area contributed by atoms with Crippen LogP contribution in [0.4, 0.5) is 0 Å². The lowest BCUT2D eigenvalue weighted by Gasteiger charge is -2.21. The summed E-state index contributed by atoms with van der Waals surface area (Å²) in [6.45, 7) is 0.251. The van der Waals surface area contributed by atoms with Gasteiger partial charge in [-0.05, 0) is 31.4 Å². The van der Waals surface area contributed by atoms with Crippen LogP contribution in [0.15, 0.2) is 18.2 Å². The maximum atomic E-state index is 11.7. The van der Waals surface area contributed by atoms with E-state index in [0.29, 0.717) is 17.9 Å². The summed E-state index contributed by atoms with van der Waals surface area (Å²) in [5, 5.41) is 0. The van der Waals surface area contributed by atoms with Crippen molar-refractivity contribution in [1.82, 2.24) is 0 Å². The fourth-order valence-corrected chi connectivity index (χ4v) is 2.19. The second-order valence-electron chi connectivity index (χ2n) is 4.33. The summed E-state index contributed by atoms with van der Waals surface area (Å²) < 4.78 is 16.2. The average Bonchev–Trinajstić information content (AvgIpc) is 2.79. The average molecular weight is 234 g/mol. The minimum atomic E-state index is -0.288. The van der Waals surface area contributed by atoms with Crippen LogP contribution in [0.1, 0.15) is 25.7 Å². The molecule has 1 aromatic rings. The van der Waals surface area contributed by atoms with E-state index in [1.165, 1.54) is 0 Å². The number of benzene rings is 1. The molecule has 0 bridgehead atoms. The Hall–Kier alpha value is -1.71. The molecular weight excluding hydrogens is 220 g/mol. The Morgan fingerprint density at radius 2 is 2.06 bits per heavy atom. The highest BCUT2D eigenvalue weighted by atomic mass is 16.7. The zero-order valence-corrected chi connectivity index (χ0v) is 9.48. The predicted octanol–water partition coefficient (Wildman–Crippen LogP) is 2.31. The Morgan fingerprint density at radius 3 is 2.94 bits per heavy atom. The third-order valence-electron chi connectivity index (χ3n) is 3.12. The summed E-state index contributed by atoms with van der Waals surface area (Å²) in [7, 11) is 0. The monoisotopic (exact) mass is 234 g/mol. The molecule has 0 spiro atoms. The van der Waals surface area contributed by atoms with Crippen molar-refractivity contribution in [1.29, 1.82) is 0 Å². The molecule has 0 radical (unpaired) electrons. The molecule has 1 atom stereocenters. The molecule has 17 heavy (non-hydrogen) atoms. The predicted molar refractivity (Wildman–Crippen MR) is 60.5 cm³/mol. The van der Waals surface area contributed by atoms with E-state index in [4.69, 9.17) is 14.2 Å². The molecule has 4 nitrogen and oxygen atoms in total. The third kappa shape index (κ3) is 2.07. The fraction of sp³-hybridized carbons (Fsp3) is 0.462. The van der Waals surface area contributed by atoms with E-state index in [-0.39, 0.29) is 18.7 Å². The van der Waals surface area contributed by atoms with Gasteiger partial charge in [0, 0.05) is 12.5 Å². The van der Waals surface area contributed by atoms with E-state index in [2.05, 4.69) is 0 Å². The Labute approximate surface area is 99.5 Å². The van der Waals surface area contributed by atoms with E-state index in [1.54, 1.807) is 6.07 Å². The number of ketones is 1. The van der Waals surface area contributed by atoms with E-state index in [1.807, 2.05) is 12.1 Å². The number of fused-ring (bicyclic) bond motifs is 1. The minimum Gasteiger partial charge on any atom is -0.483 e. The molecule has 4 heteroatoms. The SMILES string of the molecule is O=C1CCCCC1Oc1ccc2c(c1)OCO2. The Bertz CT molecular complexity index is 441. The Kier molecular flexibility index (Phi) is 2.63. The molecule has 0 N–H and O–H groups in total. The largest absolute Gasteiger partial charge is 0.483 e. The smallest absolute Gasteiger partial charge is 0.231 e. The molecule has 1 unspecified atom stereocenters. The fourth-order valence-electron chi connectivity index (χ4n) is 2.19. The second-order valence-corrected chi connectivity index (χ2v) is 4.33. The lowest BCUT2D eigenvalue weighted by molar-refractivity contribution is -0.127. The van der Waals surface area contributed by atoms with Crippen molar-refractivity contribution in [3.05, 3.63) is 18.2 Å². The standard InChI is InChI=1S/C13H14O4/c14-10-3-1-2-4-11(10)17-9-5-6-12-13(7-9)16-8-15-12/h5-7,11H,1-4,8H2. The number of hydrogen-bond acceptors (Lipinski definition) is 4. The van der Waals surface area contributed by atoms with Gasteiger partial charge in [0.1, 0.15) is 5.75 Å². The van der Waals surface area contributed by atoms with Gasteiger partial charge in [0.2, 0.25) is 6.79 Å². The van der Waals surface area contributed by atoms with Gasteiger partial charge in [-0.1, -0.05) is 0 Å². The molecule has 1 fully saturated rings. The molecule has 90 valence electrons. The van der Waals surface area contributed by atoms with Crippen LogP contribution in [-0.2, 0) is 4.79 Å². The van der Waals surface area contributed by atoms with Gasteiger partial charge >= 0.3 is 0 Å². The number of Topliss-reactive ketones (excluding diaryl/α,β-unsaturated/α-hetero) is 1. The molecule has 2 aliphatic rings. The summed E-state index contributed by atoms with van der Waals surface area (Å²) in [5.74, 6) is 2.29. The molecular formula is C13H14O4. The first-order valence-electron chi connectivity index (χ1n) is 5.92. The maximum absolute atomic E-state index is 11.7. The highest BCUT2D eigenvalue weighted by Gasteiger charge is 2.24. The highest BCUT2D eigenvalue weighted by Crippen LogP contribution is 2.35. The summed E-state index contributed by atoms with van der Waals surface area (Å²) in [5.41, 5.74) is 0. The highest BCUT2D eigenvalue weighted by molar-refractivity contribution is 5.84. The normalized spacial score (nSPS) is 22.6. The first kappa shape index (κ1) is 10.4.